The van der Waals surface area contributed by atoms with Gasteiger partial charge >= 0.3 is 0 Å². The lowest BCUT2D eigenvalue weighted by Gasteiger charge is -2.22. The summed E-state index contributed by atoms with van der Waals surface area (Å²) in [7, 11) is 0. The van der Waals surface area contributed by atoms with Gasteiger partial charge in [0.15, 0.2) is 0 Å². The van der Waals surface area contributed by atoms with Crippen LogP contribution in [0, 0.1) is 5.82 Å². The number of thioether (sulfide) groups is 1. The smallest absolute Gasteiger partial charge is 0.277 e. The Morgan fingerprint density at radius 2 is 2.00 bits per heavy atom. The van der Waals surface area contributed by atoms with Crippen molar-refractivity contribution < 1.29 is 13.6 Å². The third kappa shape index (κ3) is 3.22. The van der Waals surface area contributed by atoms with Crippen molar-refractivity contribution in [3.8, 4) is 11.5 Å². The Hall–Kier alpha value is -2.67. The fourth-order valence-electron chi connectivity index (χ4n) is 3.12. The van der Waals surface area contributed by atoms with Crippen LogP contribution in [0.3, 0.4) is 0 Å². The molecular weight excluding hydrogens is 353 g/mol. The number of aromatic nitrogens is 2. The van der Waals surface area contributed by atoms with E-state index in [1.165, 1.54) is 29.5 Å². The average Bonchev–Trinajstić information content (AvgIpc) is 3.24. The Balaban J connectivity index is 1.43. The molecule has 1 amide bonds. The third-order valence-corrected chi connectivity index (χ3v) is 5.10. The summed E-state index contributed by atoms with van der Waals surface area (Å²) in [5.41, 5.74) is 2.80. The number of hydrogen-bond acceptors (Lipinski definition) is 5. The molecule has 0 N–H and O–H groups in total. The van der Waals surface area contributed by atoms with Gasteiger partial charge < -0.3 is 9.32 Å². The van der Waals surface area contributed by atoms with E-state index in [0.717, 1.165) is 12.1 Å². The van der Waals surface area contributed by atoms with E-state index in [-0.39, 0.29) is 23.5 Å². The number of nitrogens with zero attached hydrogens (tertiary/aromatic N) is 3. The van der Waals surface area contributed by atoms with Crippen molar-refractivity contribution in [2.75, 3.05) is 10.7 Å². The lowest BCUT2D eigenvalue weighted by atomic mass is 10.1. The van der Waals surface area contributed by atoms with Crippen molar-refractivity contribution in [2.45, 2.75) is 24.6 Å². The lowest BCUT2D eigenvalue weighted by molar-refractivity contribution is -0.116. The molecule has 26 heavy (non-hydrogen) atoms. The first kappa shape index (κ1) is 16.8. The van der Waals surface area contributed by atoms with E-state index in [9.17, 15) is 9.18 Å². The van der Waals surface area contributed by atoms with Crippen LogP contribution < -0.4 is 4.90 Å². The Labute approximate surface area is 154 Å². The minimum atomic E-state index is -0.325. The van der Waals surface area contributed by atoms with Crippen molar-refractivity contribution in [3.63, 3.8) is 0 Å². The first-order valence-electron chi connectivity index (χ1n) is 8.24. The van der Waals surface area contributed by atoms with Crippen LogP contribution in [0.4, 0.5) is 10.1 Å². The molecule has 1 aliphatic heterocycles. The maximum Gasteiger partial charge on any atom is 0.277 e. The van der Waals surface area contributed by atoms with E-state index in [2.05, 4.69) is 16.3 Å². The van der Waals surface area contributed by atoms with Gasteiger partial charge in [-0.2, -0.15) is 0 Å². The number of fused-ring (bicyclic) bond motifs is 1. The topological polar surface area (TPSA) is 59.2 Å². The molecule has 3 aromatic rings. The molecule has 0 unspecified atom stereocenters. The van der Waals surface area contributed by atoms with Gasteiger partial charge in [0.1, 0.15) is 5.82 Å². The second-order valence-corrected chi connectivity index (χ2v) is 7.04. The Kier molecular flexibility index (Phi) is 4.46. The summed E-state index contributed by atoms with van der Waals surface area (Å²) in [6.07, 6.45) is 0.863. The van der Waals surface area contributed by atoms with Crippen molar-refractivity contribution in [1.82, 2.24) is 10.2 Å². The maximum absolute atomic E-state index is 13.0. The van der Waals surface area contributed by atoms with Gasteiger partial charge in [0, 0.05) is 17.3 Å². The highest BCUT2D eigenvalue weighted by molar-refractivity contribution is 7.99. The van der Waals surface area contributed by atoms with Crippen LogP contribution in [0.15, 0.2) is 58.2 Å². The standard InChI is InChI=1S/C19H16FN3O2S/c1-12-10-14-4-2-3-5-16(14)23(12)17(24)11-26-19-22-21-18(25-19)13-6-8-15(20)9-7-13/h2-9,12H,10-11H2,1H3/t12-/m1/s1. The number of amides is 1. The van der Waals surface area contributed by atoms with E-state index < -0.39 is 0 Å². The van der Waals surface area contributed by atoms with Crippen LogP contribution in [-0.4, -0.2) is 27.9 Å². The molecular formula is C19H16FN3O2S. The molecule has 1 aliphatic rings. The molecule has 0 radical (unpaired) electrons. The molecule has 1 atom stereocenters. The third-order valence-electron chi connectivity index (χ3n) is 4.29. The van der Waals surface area contributed by atoms with Gasteiger partial charge in [-0.3, -0.25) is 4.79 Å². The van der Waals surface area contributed by atoms with E-state index in [4.69, 9.17) is 4.42 Å². The summed E-state index contributed by atoms with van der Waals surface area (Å²) >= 11 is 1.21. The maximum atomic E-state index is 13.0. The van der Waals surface area contributed by atoms with Gasteiger partial charge in [-0.05, 0) is 49.2 Å². The SMILES string of the molecule is C[C@@H]1Cc2ccccc2N1C(=O)CSc1nnc(-c2ccc(F)cc2)o1. The van der Waals surface area contributed by atoms with Crippen molar-refractivity contribution in [2.24, 2.45) is 0 Å². The fourth-order valence-corrected chi connectivity index (χ4v) is 3.74. The van der Waals surface area contributed by atoms with Gasteiger partial charge in [0.2, 0.25) is 11.8 Å². The monoisotopic (exact) mass is 369 g/mol. The number of para-hydroxylation sites is 1. The van der Waals surface area contributed by atoms with Crippen LogP contribution in [0.1, 0.15) is 12.5 Å². The molecule has 132 valence electrons. The highest BCUT2D eigenvalue weighted by Crippen LogP contribution is 2.33. The molecule has 4 rings (SSSR count). The number of anilines is 1. The number of rotatable bonds is 4. The predicted octanol–water partition coefficient (Wildman–Crippen LogP) is 3.95. The molecule has 2 heterocycles. The zero-order valence-electron chi connectivity index (χ0n) is 14.1. The molecule has 2 aromatic carbocycles. The van der Waals surface area contributed by atoms with Crippen LogP contribution >= 0.6 is 11.8 Å². The van der Waals surface area contributed by atoms with Crippen molar-refractivity contribution in [1.29, 1.82) is 0 Å². The van der Waals surface area contributed by atoms with E-state index >= 15 is 0 Å². The number of carbonyl (C=O) groups excluding carboxylic acids is 1. The summed E-state index contributed by atoms with van der Waals surface area (Å²) < 4.78 is 18.6. The average molecular weight is 369 g/mol. The first-order chi connectivity index (χ1) is 12.6. The summed E-state index contributed by atoms with van der Waals surface area (Å²) in [6, 6.07) is 13.9. The minimum Gasteiger partial charge on any atom is -0.411 e. The minimum absolute atomic E-state index is 0.00832. The van der Waals surface area contributed by atoms with Gasteiger partial charge in [-0.1, -0.05) is 30.0 Å². The van der Waals surface area contributed by atoms with E-state index in [1.54, 1.807) is 12.1 Å². The summed E-state index contributed by atoms with van der Waals surface area (Å²) in [6.45, 7) is 2.04. The van der Waals surface area contributed by atoms with Crippen LogP contribution in [-0.2, 0) is 11.2 Å². The number of benzene rings is 2. The second kappa shape index (κ2) is 6.92. The first-order valence-corrected chi connectivity index (χ1v) is 9.22. The highest BCUT2D eigenvalue weighted by Gasteiger charge is 2.30. The Morgan fingerprint density at radius 3 is 2.81 bits per heavy atom. The summed E-state index contributed by atoms with van der Waals surface area (Å²) in [5, 5.41) is 8.23. The number of hydrogen-bond donors (Lipinski definition) is 0. The highest BCUT2D eigenvalue weighted by atomic mass is 32.2. The molecule has 0 saturated heterocycles. The fraction of sp³-hybridized carbons (Fsp3) is 0.211. The van der Waals surface area contributed by atoms with Gasteiger partial charge in [0.25, 0.3) is 5.22 Å². The Bertz CT molecular complexity index is 942. The molecule has 0 fully saturated rings. The molecule has 0 bridgehead atoms. The molecule has 0 spiro atoms. The largest absolute Gasteiger partial charge is 0.411 e. The molecule has 0 aliphatic carbocycles. The summed E-state index contributed by atoms with van der Waals surface area (Å²) in [5.74, 6) is 0.200. The zero-order valence-corrected chi connectivity index (χ0v) is 14.9. The summed E-state index contributed by atoms with van der Waals surface area (Å²) in [4.78, 5) is 14.5. The molecule has 7 heteroatoms. The van der Waals surface area contributed by atoms with Gasteiger partial charge in [-0.25, -0.2) is 4.39 Å². The van der Waals surface area contributed by atoms with Crippen LogP contribution in [0.25, 0.3) is 11.5 Å². The second-order valence-electron chi connectivity index (χ2n) is 6.11. The number of halogens is 1. The van der Waals surface area contributed by atoms with E-state index in [1.807, 2.05) is 30.0 Å². The zero-order chi connectivity index (χ0) is 18.1. The lowest BCUT2D eigenvalue weighted by Crippen LogP contribution is -2.36. The quantitative estimate of drug-likeness (QED) is 0.652. The van der Waals surface area contributed by atoms with Crippen molar-refractivity contribution >= 4 is 23.4 Å². The van der Waals surface area contributed by atoms with Crippen LogP contribution in [0.2, 0.25) is 0 Å². The molecule has 5 nitrogen and oxygen atoms in total. The van der Waals surface area contributed by atoms with Gasteiger partial charge in [0.05, 0.1) is 5.75 Å². The molecule has 1 aromatic heterocycles. The van der Waals surface area contributed by atoms with Crippen LogP contribution in [0.5, 0.6) is 0 Å². The predicted molar refractivity (Wildman–Crippen MR) is 97.5 cm³/mol. The van der Waals surface area contributed by atoms with Crippen molar-refractivity contribution in [3.05, 3.63) is 59.9 Å². The van der Waals surface area contributed by atoms with E-state index in [0.29, 0.717) is 16.7 Å². The van der Waals surface area contributed by atoms with Gasteiger partial charge in [-0.15, -0.1) is 10.2 Å². The number of carbonyl (C=O) groups is 1. The molecule has 0 saturated carbocycles. The normalized spacial score (nSPS) is 15.9. The Morgan fingerprint density at radius 1 is 1.23 bits per heavy atom.